The highest BCUT2D eigenvalue weighted by Crippen LogP contribution is 2.35. The predicted octanol–water partition coefficient (Wildman–Crippen LogP) is 3.59. The first kappa shape index (κ1) is 23.8. The minimum Gasteiger partial charge on any atom is -0.497 e. The van der Waals surface area contributed by atoms with E-state index in [1.807, 2.05) is 44.2 Å². The maximum absolute atomic E-state index is 13.1. The number of carbonyl (C=O) groups excluding carboxylic acids is 2. The first-order valence-corrected chi connectivity index (χ1v) is 10.9. The number of amides is 2. The molecule has 2 amide bonds. The lowest BCUT2D eigenvalue weighted by atomic mass is 10.1. The van der Waals surface area contributed by atoms with Crippen molar-refractivity contribution in [2.45, 2.75) is 32.7 Å². The molecule has 1 aromatic heterocycles. The molecule has 0 aliphatic carbocycles. The molecule has 1 unspecified atom stereocenters. The van der Waals surface area contributed by atoms with Crippen molar-refractivity contribution in [1.82, 2.24) is 20.4 Å². The summed E-state index contributed by atoms with van der Waals surface area (Å²) in [5.41, 5.74) is 2.27. The number of hydrogen-bond donors (Lipinski definition) is 2. The van der Waals surface area contributed by atoms with E-state index in [0.29, 0.717) is 28.3 Å². The fourth-order valence-electron chi connectivity index (χ4n) is 3.28. The maximum atomic E-state index is 13.1. The van der Waals surface area contributed by atoms with Gasteiger partial charge in [0.1, 0.15) is 17.2 Å². The molecule has 0 saturated heterocycles. The van der Waals surface area contributed by atoms with Crippen LogP contribution in [0.4, 0.5) is 0 Å². The summed E-state index contributed by atoms with van der Waals surface area (Å²) >= 11 is 0. The van der Waals surface area contributed by atoms with Gasteiger partial charge in [-0.2, -0.15) is 5.10 Å². The standard InChI is InChI=1S/C25H30N4O4/c1-5-17(2)27-23(30)13-14-26-25(31)21-16-29(18-9-7-6-8-10-18)28-24(21)20-15-19(32-3)11-12-22(20)33-4/h6-12,15-17H,5,13-14H2,1-4H3,(H,26,31)(H,27,30). The highest BCUT2D eigenvalue weighted by molar-refractivity contribution is 6.00. The van der Waals surface area contributed by atoms with Crippen molar-refractivity contribution >= 4 is 11.8 Å². The Labute approximate surface area is 193 Å². The largest absolute Gasteiger partial charge is 0.497 e. The zero-order valence-corrected chi connectivity index (χ0v) is 19.4. The van der Waals surface area contributed by atoms with Gasteiger partial charge in [-0.05, 0) is 43.7 Å². The second kappa shape index (κ2) is 11.2. The first-order valence-electron chi connectivity index (χ1n) is 10.9. The van der Waals surface area contributed by atoms with E-state index in [4.69, 9.17) is 14.6 Å². The van der Waals surface area contributed by atoms with Crippen molar-refractivity contribution in [1.29, 1.82) is 0 Å². The van der Waals surface area contributed by atoms with Crippen LogP contribution in [0.15, 0.2) is 54.7 Å². The van der Waals surface area contributed by atoms with E-state index < -0.39 is 0 Å². The summed E-state index contributed by atoms with van der Waals surface area (Å²) in [4.78, 5) is 25.2. The molecule has 8 nitrogen and oxygen atoms in total. The molecule has 2 N–H and O–H groups in total. The second-order valence-corrected chi connectivity index (χ2v) is 7.62. The van der Waals surface area contributed by atoms with Crippen LogP contribution in [-0.4, -0.2) is 48.4 Å². The van der Waals surface area contributed by atoms with Crippen molar-refractivity contribution in [2.75, 3.05) is 20.8 Å². The molecule has 33 heavy (non-hydrogen) atoms. The van der Waals surface area contributed by atoms with Crippen molar-refractivity contribution in [2.24, 2.45) is 0 Å². The van der Waals surface area contributed by atoms with Crippen LogP contribution in [0.5, 0.6) is 11.5 Å². The Morgan fingerprint density at radius 3 is 2.52 bits per heavy atom. The molecule has 174 valence electrons. The molecule has 1 heterocycles. The Morgan fingerprint density at radius 1 is 1.09 bits per heavy atom. The summed E-state index contributed by atoms with van der Waals surface area (Å²) in [7, 11) is 3.14. The molecule has 2 aromatic carbocycles. The van der Waals surface area contributed by atoms with Gasteiger partial charge in [0.15, 0.2) is 0 Å². The average Bonchev–Trinajstić information content (AvgIpc) is 3.29. The Balaban J connectivity index is 1.91. The highest BCUT2D eigenvalue weighted by Gasteiger charge is 2.22. The minimum atomic E-state index is -0.326. The highest BCUT2D eigenvalue weighted by atomic mass is 16.5. The van der Waals surface area contributed by atoms with Gasteiger partial charge < -0.3 is 20.1 Å². The number of carbonyl (C=O) groups is 2. The molecule has 3 rings (SSSR count). The van der Waals surface area contributed by atoms with E-state index in [-0.39, 0.29) is 30.8 Å². The topological polar surface area (TPSA) is 94.5 Å². The molecule has 0 spiro atoms. The van der Waals surface area contributed by atoms with Crippen molar-refractivity contribution in [3.63, 3.8) is 0 Å². The van der Waals surface area contributed by atoms with E-state index in [2.05, 4.69) is 10.6 Å². The second-order valence-electron chi connectivity index (χ2n) is 7.62. The van der Waals surface area contributed by atoms with Crippen LogP contribution in [0.3, 0.4) is 0 Å². The zero-order valence-electron chi connectivity index (χ0n) is 19.4. The number of aromatic nitrogens is 2. The summed E-state index contributed by atoms with van der Waals surface area (Å²) in [6.45, 7) is 4.17. The third-order valence-corrected chi connectivity index (χ3v) is 5.30. The van der Waals surface area contributed by atoms with Crippen LogP contribution < -0.4 is 20.1 Å². The summed E-state index contributed by atoms with van der Waals surface area (Å²) < 4.78 is 12.5. The first-order chi connectivity index (χ1) is 16.0. The fraction of sp³-hybridized carbons (Fsp3) is 0.320. The van der Waals surface area contributed by atoms with Gasteiger partial charge in [0.2, 0.25) is 5.91 Å². The normalized spacial score (nSPS) is 11.5. The van der Waals surface area contributed by atoms with E-state index in [9.17, 15) is 9.59 Å². The molecule has 0 aliphatic heterocycles. The summed E-state index contributed by atoms with van der Waals surface area (Å²) in [6, 6.07) is 15.0. The van der Waals surface area contributed by atoms with Crippen LogP contribution in [-0.2, 0) is 4.79 Å². The predicted molar refractivity (Wildman–Crippen MR) is 127 cm³/mol. The van der Waals surface area contributed by atoms with Gasteiger partial charge in [-0.25, -0.2) is 4.68 Å². The minimum absolute atomic E-state index is 0.0979. The average molecular weight is 451 g/mol. The molecular weight excluding hydrogens is 420 g/mol. The van der Waals surface area contributed by atoms with Gasteiger partial charge >= 0.3 is 0 Å². The monoisotopic (exact) mass is 450 g/mol. The molecule has 8 heteroatoms. The third-order valence-electron chi connectivity index (χ3n) is 5.30. The number of rotatable bonds is 10. The zero-order chi connectivity index (χ0) is 23.8. The molecule has 0 saturated carbocycles. The summed E-state index contributed by atoms with van der Waals surface area (Å²) in [5, 5.41) is 10.4. The number of nitrogens with one attached hydrogen (secondary N) is 2. The van der Waals surface area contributed by atoms with E-state index in [0.717, 1.165) is 12.1 Å². The van der Waals surface area contributed by atoms with Crippen molar-refractivity contribution in [3.05, 3.63) is 60.3 Å². The van der Waals surface area contributed by atoms with Crippen molar-refractivity contribution in [3.8, 4) is 28.4 Å². The van der Waals surface area contributed by atoms with Crippen LogP contribution in [0, 0.1) is 0 Å². The lowest BCUT2D eigenvalue weighted by molar-refractivity contribution is -0.121. The van der Waals surface area contributed by atoms with E-state index >= 15 is 0 Å². The molecule has 0 bridgehead atoms. The van der Waals surface area contributed by atoms with E-state index in [1.165, 1.54) is 0 Å². The number of nitrogens with zero attached hydrogens (tertiary/aromatic N) is 2. The lowest BCUT2D eigenvalue weighted by Crippen LogP contribution is -2.35. The number of methoxy groups -OCH3 is 2. The Kier molecular flexibility index (Phi) is 8.07. The Bertz CT molecular complexity index is 1100. The van der Waals surface area contributed by atoms with Crippen LogP contribution in [0.1, 0.15) is 37.0 Å². The van der Waals surface area contributed by atoms with Crippen LogP contribution in [0.25, 0.3) is 16.9 Å². The molecule has 3 aromatic rings. The van der Waals surface area contributed by atoms with Gasteiger partial charge in [-0.15, -0.1) is 0 Å². The van der Waals surface area contributed by atoms with Crippen LogP contribution >= 0.6 is 0 Å². The van der Waals surface area contributed by atoms with Crippen molar-refractivity contribution < 1.29 is 19.1 Å². The summed E-state index contributed by atoms with van der Waals surface area (Å²) in [6.07, 6.45) is 2.72. The lowest BCUT2D eigenvalue weighted by Gasteiger charge is -2.12. The number of para-hydroxylation sites is 1. The quantitative estimate of drug-likeness (QED) is 0.492. The van der Waals surface area contributed by atoms with Crippen LogP contribution in [0.2, 0.25) is 0 Å². The number of hydrogen-bond acceptors (Lipinski definition) is 5. The SMILES string of the molecule is CCC(C)NC(=O)CCNC(=O)c1cn(-c2ccccc2)nc1-c1cc(OC)ccc1OC. The number of ether oxygens (including phenoxy) is 2. The number of benzene rings is 2. The molecule has 1 atom stereocenters. The van der Waals surface area contributed by atoms with Gasteiger partial charge in [0.25, 0.3) is 5.91 Å². The van der Waals surface area contributed by atoms with Gasteiger partial charge in [-0.3, -0.25) is 9.59 Å². The Hall–Kier alpha value is -3.81. The molecular formula is C25H30N4O4. The third kappa shape index (κ3) is 5.91. The smallest absolute Gasteiger partial charge is 0.255 e. The molecule has 0 fully saturated rings. The van der Waals surface area contributed by atoms with E-state index in [1.54, 1.807) is 43.3 Å². The summed E-state index contributed by atoms with van der Waals surface area (Å²) in [5.74, 6) is 0.761. The maximum Gasteiger partial charge on any atom is 0.255 e. The van der Waals surface area contributed by atoms with Gasteiger partial charge in [0, 0.05) is 30.8 Å². The fourth-order valence-corrected chi connectivity index (χ4v) is 3.28. The molecule has 0 radical (unpaired) electrons. The van der Waals surface area contributed by atoms with Gasteiger partial charge in [-0.1, -0.05) is 25.1 Å². The van der Waals surface area contributed by atoms with Gasteiger partial charge in [0.05, 0.1) is 25.5 Å². The molecule has 0 aliphatic rings. The Morgan fingerprint density at radius 2 is 1.85 bits per heavy atom.